The third-order valence-corrected chi connectivity index (χ3v) is 4.06. The molecule has 0 aromatic heterocycles. The maximum atomic E-state index is 12.1. The molecule has 2 saturated carbocycles. The molecule has 2 fully saturated rings. The monoisotopic (exact) mass is 273 g/mol. The van der Waals surface area contributed by atoms with Crippen molar-refractivity contribution in [3.05, 3.63) is 24.3 Å². The molecule has 3 rings (SSSR count). The van der Waals surface area contributed by atoms with Gasteiger partial charge in [-0.25, -0.2) is 0 Å². The van der Waals surface area contributed by atoms with Crippen molar-refractivity contribution in [3.8, 4) is 0 Å². The average Bonchev–Trinajstić information content (AvgIpc) is 3.30. The summed E-state index contributed by atoms with van der Waals surface area (Å²) < 4.78 is 0. The van der Waals surface area contributed by atoms with E-state index in [-0.39, 0.29) is 23.1 Å². The summed E-state index contributed by atoms with van der Waals surface area (Å²) in [6.45, 7) is 0.386. The first-order valence-corrected chi connectivity index (χ1v) is 7.05. The van der Waals surface area contributed by atoms with E-state index in [1.165, 1.54) is 0 Å². The van der Waals surface area contributed by atoms with Crippen LogP contribution >= 0.6 is 0 Å². The molecule has 0 atom stereocenters. The van der Waals surface area contributed by atoms with E-state index in [2.05, 4.69) is 10.6 Å². The maximum absolute atomic E-state index is 12.1. The fraction of sp³-hybridized carbons (Fsp3) is 0.467. The average molecular weight is 273 g/mol. The van der Waals surface area contributed by atoms with Gasteiger partial charge in [0.05, 0.1) is 5.41 Å². The number of anilines is 2. The molecule has 0 spiro atoms. The van der Waals surface area contributed by atoms with Crippen molar-refractivity contribution in [2.75, 3.05) is 17.2 Å². The lowest BCUT2D eigenvalue weighted by Crippen LogP contribution is -2.30. The molecule has 2 aliphatic carbocycles. The molecular weight excluding hydrogens is 254 g/mol. The smallest absolute Gasteiger partial charge is 0.231 e. The van der Waals surface area contributed by atoms with Gasteiger partial charge >= 0.3 is 0 Å². The Balaban J connectivity index is 1.64. The molecule has 1 aromatic rings. The van der Waals surface area contributed by atoms with Gasteiger partial charge in [-0.2, -0.15) is 0 Å². The number of hydrogen-bond acceptors (Lipinski definition) is 3. The highest BCUT2D eigenvalue weighted by molar-refractivity contribution is 5.99. The molecule has 0 heterocycles. The van der Waals surface area contributed by atoms with Gasteiger partial charge < -0.3 is 16.4 Å². The number of amides is 2. The van der Waals surface area contributed by atoms with Crippen molar-refractivity contribution in [1.82, 2.24) is 0 Å². The molecule has 4 N–H and O–H groups in total. The number of benzene rings is 1. The second kappa shape index (κ2) is 4.90. The van der Waals surface area contributed by atoms with Crippen LogP contribution in [0.3, 0.4) is 0 Å². The molecule has 0 bridgehead atoms. The SMILES string of the molecule is NCC1(C(=O)Nc2cccc(NC(=O)C3CC3)c2)CC1. The Bertz CT molecular complexity index is 548. The molecule has 5 heteroatoms. The van der Waals surface area contributed by atoms with E-state index in [4.69, 9.17) is 5.73 Å². The topological polar surface area (TPSA) is 84.2 Å². The van der Waals surface area contributed by atoms with Crippen molar-refractivity contribution in [2.45, 2.75) is 25.7 Å². The Kier molecular flexibility index (Phi) is 3.22. The van der Waals surface area contributed by atoms with Crippen LogP contribution in [0.25, 0.3) is 0 Å². The second-order valence-electron chi connectivity index (χ2n) is 5.78. The van der Waals surface area contributed by atoms with Crippen molar-refractivity contribution in [3.63, 3.8) is 0 Å². The van der Waals surface area contributed by atoms with Crippen LogP contribution in [-0.2, 0) is 9.59 Å². The number of hydrogen-bond donors (Lipinski definition) is 3. The zero-order chi connectivity index (χ0) is 14.2. The van der Waals surface area contributed by atoms with Crippen molar-refractivity contribution in [2.24, 2.45) is 17.1 Å². The number of carbonyl (C=O) groups excluding carboxylic acids is 2. The number of rotatable bonds is 5. The first kappa shape index (κ1) is 13.1. The van der Waals surface area contributed by atoms with Crippen molar-refractivity contribution < 1.29 is 9.59 Å². The summed E-state index contributed by atoms with van der Waals surface area (Å²) >= 11 is 0. The van der Waals surface area contributed by atoms with Gasteiger partial charge in [-0.15, -0.1) is 0 Å². The Morgan fingerprint density at radius 2 is 1.85 bits per heavy atom. The Morgan fingerprint density at radius 3 is 2.40 bits per heavy atom. The molecule has 20 heavy (non-hydrogen) atoms. The van der Waals surface area contributed by atoms with Gasteiger partial charge in [0.15, 0.2) is 0 Å². The summed E-state index contributed by atoms with van der Waals surface area (Å²) in [6.07, 6.45) is 3.66. The second-order valence-corrected chi connectivity index (χ2v) is 5.78. The Hall–Kier alpha value is -1.88. The lowest BCUT2D eigenvalue weighted by molar-refractivity contribution is -0.120. The van der Waals surface area contributed by atoms with Crippen LogP contribution in [0.4, 0.5) is 11.4 Å². The third kappa shape index (κ3) is 2.67. The van der Waals surface area contributed by atoms with Gasteiger partial charge in [0.1, 0.15) is 0 Å². The molecule has 0 radical (unpaired) electrons. The van der Waals surface area contributed by atoms with Crippen LogP contribution < -0.4 is 16.4 Å². The Labute approximate surface area is 117 Å². The molecule has 0 unspecified atom stereocenters. The standard InChI is InChI=1S/C15H19N3O2/c16-9-15(6-7-15)14(20)18-12-3-1-2-11(8-12)17-13(19)10-4-5-10/h1-3,8,10H,4-7,9,16H2,(H,17,19)(H,18,20). The predicted molar refractivity (Wildman–Crippen MR) is 77.1 cm³/mol. The van der Waals surface area contributed by atoms with Crippen molar-refractivity contribution in [1.29, 1.82) is 0 Å². The highest BCUT2D eigenvalue weighted by Gasteiger charge is 2.48. The van der Waals surface area contributed by atoms with Gasteiger partial charge in [-0.05, 0) is 43.9 Å². The minimum Gasteiger partial charge on any atom is -0.329 e. The zero-order valence-electron chi connectivity index (χ0n) is 11.3. The lowest BCUT2D eigenvalue weighted by atomic mass is 10.1. The van der Waals surface area contributed by atoms with E-state index in [1.54, 1.807) is 6.07 Å². The van der Waals surface area contributed by atoms with E-state index >= 15 is 0 Å². The molecule has 2 amide bonds. The first-order valence-electron chi connectivity index (χ1n) is 7.05. The van der Waals surface area contributed by atoms with E-state index in [1.807, 2.05) is 18.2 Å². The van der Waals surface area contributed by atoms with Crippen LogP contribution in [0.15, 0.2) is 24.3 Å². The van der Waals surface area contributed by atoms with E-state index < -0.39 is 0 Å². The molecule has 2 aliphatic rings. The highest BCUT2D eigenvalue weighted by Crippen LogP contribution is 2.45. The summed E-state index contributed by atoms with van der Waals surface area (Å²) in [4.78, 5) is 23.8. The van der Waals surface area contributed by atoms with Crippen LogP contribution in [0.1, 0.15) is 25.7 Å². The minimum atomic E-state index is -0.368. The van der Waals surface area contributed by atoms with Gasteiger partial charge in [0.25, 0.3) is 0 Å². The van der Waals surface area contributed by atoms with Crippen LogP contribution in [0.5, 0.6) is 0 Å². The zero-order valence-corrected chi connectivity index (χ0v) is 11.3. The normalized spacial score (nSPS) is 19.2. The molecular formula is C15H19N3O2. The van der Waals surface area contributed by atoms with Crippen LogP contribution in [0.2, 0.25) is 0 Å². The van der Waals surface area contributed by atoms with Crippen molar-refractivity contribution >= 4 is 23.2 Å². The molecule has 1 aromatic carbocycles. The number of carbonyl (C=O) groups is 2. The predicted octanol–water partition coefficient (Wildman–Crippen LogP) is 1.71. The van der Waals surface area contributed by atoms with E-state index in [0.717, 1.165) is 31.4 Å². The molecule has 0 saturated heterocycles. The quantitative estimate of drug-likeness (QED) is 0.763. The number of nitrogens with two attached hydrogens (primary N) is 1. The van der Waals surface area contributed by atoms with Crippen LogP contribution in [0, 0.1) is 11.3 Å². The largest absolute Gasteiger partial charge is 0.329 e. The third-order valence-electron chi connectivity index (χ3n) is 4.06. The fourth-order valence-corrected chi connectivity index (χ4v) is 2.20. The van der Waals surface area contributed by atoms with Gasteiger partial charge in [-0.3, -0.25) is 9.59 Å². The lowest BCUT2D eigenvalue weighted by Gasteiger charge is -2.13. The van der Waals surface area contributed by atoms with E-state index in [0.29, 0.717) is 12.2 Å². The maximum Gasteiger partial charge on any atom is 0.231 e. The van der Waals surface area contributed by atoms with E-state index in [9.17, 15) is 9.59 Å². The highest BCUT2D eigenvalue weighted by atomic mass is 16.2. The van der Waals surface area contributed by atoms with Crippen LogP contribution in [-0.4, -0.2) is 18.4 Å². The fourth-order valence-electron chi connectivity index (χ4n) is 2.20. The first-order chi connectivity index (χ1) is 9.63. The minimum absolute atomic E-state index is 0.0225. The molecule has 0 aliphatic heterocycles. The Morgan fingerprint density at radius 1 is 1.20 bits per heavy atom. The number of nitrogens with one attached hydrogen (secondary N) is 2. The van der Waals surface area contributed by atoms with Gasteiger partial charge in [0, 0.05) is 23.8 Å². The van der Waals surface area contributed by atoms with Gasteiger partial charge in [-0.1, -0.05) is 6.07 Å². The molecule has 106 valence electrons. The summed E-state index contributed by atoms with van der Waals surface area (Å²) in [7, 11) is 0. The summed E-state index contributed by atoms with van der Waals surface area (Å²) in [5.41, 5.74) is 6.69. The summed E-state index contributed by atoms with van der Waals surface area (Å²) in [5.74, 6) is 0.208. The summed E-state index contributed by atoms with van der Waals surface area (Å²) in [6, 6.07) is 7.24. The van der Waals surface area contributed by atoms with Gasteiger partial charge in [0.2, 0.25) is 11.8 Å². The molecule has 5 nitrogen and oxygen atoms in total. The summed E-state index contributed by atoms with van der Waals surface area (Å²) in [5, 5.41) is 5.75.